The first-order chi connectivity index (χ1) is 12.2. The van der Waals surface area contributed by atoms with Crippen LogP contribution >= 0.6 is 23.2 Å². The Morgan fingerprint density at radius 3 is 2.42 bits per heavy atom. The second-order valence-electron chi connectivity index (χ2n) is 5.14. The molecule has 0 amide bonds. The number of benzene rings is 2. The molecule has 0 saturated carbocycles. The summed E-state index contributed by atoms with van der Waals surface area (Å²) in [4.78, 5) is 15.9. The Labute approximate surface area is 157 Å². The number of rotatable bonds is 5. The molecule has 1 N–H and O–H groups in total. The van der Waals surface area contributed by atoms with Crippen molar-refractivity contribution in [3.63, 3.8) is 0 Å². The molecule has 0 heterocycles. The summed E-state index contributed by atoms with van der Waals surface area (Å²) in [5.74, 6) is -3.75. The first-order valence-corrected chi connectivity index (χ1v) is 8.10. The summed E-state index contributed by atoms with van der Waals surface area (Å²) in [6, 6.07) is 4.64. The number of nitrogens with zero attached hydrogens (tertiary/aromatic N) is 1. The fourth-order valence-corrected chi connectivity index (χ4v) is 2.50. The second-order valence-corrected chi connectivity index (χ2v) is 5.95. The molecule has 0 aliphatic heterocycles. The van der Waals surface area contributed by atoms with Gasteiger partial charge in [0.2, 0.25) is 0 Å². The third kappa shape index (κ3) is 4.45. The molecule has 0 spiro atoms. The molecule has 0 unspecified atom stereocenters. The summed E-state index contributed by atoms with van der Waals surface area (Å²) >= 11 is 11.6. The van der Waals surface area contributed by atoms with Crippen molar-refractivity contribution in [1.82, 2.24) is 0 Å². The van der Waals surface area contributed by atoms with E-state index in [0.717, 1.165) is 30.5 Å². The molecule has 0 bridgehead atoms. The van der Waals surface area contributed by atoms with Gasteiger partial charge in [0.1, 0.15) is 17.4 Å². The van der Waals surface area contributed by atoms with Crippen LogP contribution in [0.15, 0.2) is 40.9 Å². The summed E-state index contributed by atoms with van der Waals surface area (Å²) in [6.07, 6.45) is 0.908. The number of allylic oxidation sites excluding steroid dienone is 1. The Hall–Kier alpha value is -2.31. The van der Waals surface area contributed by atoms with Crippen molar-refractivity contribution in [3.8, 4) is 0 Å². The largest absolute Gasteiger partial charge is 0.506 e. The van der Waals surface area contributed by atoms with Crippen LogP contribution in [0.2, 0.25) is 10.0 Å². The van der Waals surface area contributed by atoms with E-state index in [2.05, 4.69) is 4.99 Å². The summed E-state index contributed by atoms with van der Waals surface area (Å²) in [5, 5.41) is 10.0. The number of carbonyl (C=O) groups is 1. The lowest BCUT2D eigenvalue weighted by Gasteiger charge is -2.09. The number of ketones is 1. The van der Waals surface area contributed by atoms with Crippen molar-refractivity contribution in [2.24, 2.45) is 4.99 Å². The van der Waals surface area contributed by atoms with Crippen LogP contribution in [0, 0.1) is 17.5 Å². The molecule has 0 fully saturated rings. The highest BCUT2D eigenvalue weighted by Crippen LogP contribution is 2.30. The zero-order valence-corrected chi connectivity index (χ0v) is 14.9. The number of aliphatic hydroxyl groups excluding tert-OH is 1. The Balaban J connectivity index is 2.56. The number of aliphatic hydroxyl groups is 1. The van der Waals surface area contributed by atoms with Crippen LogP contribution in [0.3, 0.4) is 0 Å². The summed E-state index contributed by atoms with van der Waals surface area (Å²) in [6.45, 7) is 1.53. The molecule has 8 heteroatoms. The highest BCUT2D eigenvalue weighted by Gasteiger charge is 2.18. The van der Waals surface area contributed by atoms with E-state index in [9.17, 15) is 23.1 Å². The molecule has 0 saturated heterocycles. The zero-order valence-electron chi connectivity index (χ0n) is 13.4. The van der Waals surface area contributed by atoms with Gasteiger partial charge in [-0.1, -0.05) is 30.1 Å². The third-order valence-corrected chi connectivity index (χ3v) is 3.99. The van der Waals surface area contributed by atoms with Gasteiger partial charge in [-0.3, -0.25) is 9.79 Å². The molecule has 0 atom stereocenters. The average molecular weight is 402 g/mol. The molecule has 0 radical (unpaired) electrons. The molecule has 0 aliphatic rings. The molecule has 136 valence electrons. The highest BCUT2D eigenvalue weighted by atomic mass is 35.5. The minimum absolute atomic E-state index is 0.00892. The molecular weight excluding hydrogens is 390 g/mol. The van der Waals surface area contributed by atoms with Crippen LogP contribution < -0.4 is 0 Å². The predicted molar refractivity (Wildman–Crippen MR) is 95.8 cm³/mol. The summed E-state index contributed by atoms with van der Waals surface area (Å²) in [7, 11) is 0. The number of halogens is 5. The van der Waals surface area contributed by atoms with Crippen LogP contribution in [0.5, 0.6) is 0 Å². The fourth-order valence-electron chi connectivity index (χ4n) is 2.02. The molecule has 0 aromatic heterocycles. The van der Waals surface area contributed by atoms with E-state index in [1.54, 1.807) is 0 Å². The van der Waals surface area contributed by atoms with Gasteiger partial charge in [0.05, 0.1) is 21.3 Å². The maximum atomic E-state index is 13.7. The van der Waals surface area contributed by atoms with Crippen LogP contribution in [-0.2, 0) is 4.79 Å². The number of hydrogen-bond acceptors (Lipinski definition) is 3. The molecule has 2 rings (SSSR count). The average Bonchev–Trinajstić information content (AvgIpc) is 2.59. The van der Waals surface area contributed by atoms with Gasteiger partial charge in [0, 0.05) is 24.3 Å². The Bertz CT molecular complexity index is 927. The van der Waals surface area contributed by atoms with Gasteiger partial charge in [0.25, 0.3) is 0 Å². The van der Waals surface area contributed by atoms with Crippen molar-refractivity contribution in [3.05, 3.63) is 69.0 Å². The van der Waals surface area contributed by atoms with Crippen LogP contribution in [-0.4, -0.2) is 17.1 Å². The van der Waals surface area contributed by atoms with Crippen molar-refractivity contribution in [1.29, 1.82) is 0 Å². The monoisotopic (exact) mass is 401 g/mol. The van der Waals surface area contributed by atoms with Crippen molar-refractivity contribution < 1.29 is 23.1 Å². The van der Waals surface area contributed by atoms with E-state index >= 15 is 0 Å². The van der Waals surface area contributed by atoms with Crippen molar-refractivity contribution >= 4 is 46.6 Å². The second kappa shape index (κ2) is 8.38. The maximum Gasteiger partial charge on any atom is 0.167 e. The van der Waals surface area contributed by atoms with E-state index in [1.807, 2.05) is 0 Å². The van der Waals surface area contributed by atoms with E-state index in [0.29, 0.717) is 6.07 Å². The lowest BCUT2D eigenvalue weighted by Crippen LogP contribution is -2.06. The quantitative estimate of drug-likeness (QED) is 0.286. The number of carbonyl (C=O) groups excluding carboxylic acids is 1. The smallest absolute Gasteiger partial charge is 0.167 e. The van der Waals surface area contributed by atoms with Gasteiger partial charge < -0.3 is 5.11 Å². The van der Waals surface area contributed by atoms with Gasteiger partial charge in [-0.05, 0) is 24.3 Å². The van der Waals surface area contributed by atoms with Gasteiger partial charge in [-0.25, -0.2) is 13.2 Å². The molecule has 2 aromatic rings. The summed E-state index contributed by atoms with van der Waals surface area (Å²) in [5.41, 5.74) is -0.717. The first-order valence-electron chi connectivity index (χ1n) is 7.35. The molecule has 2 aromatic carbocycles. The van der Waals surface area contributed by atoms with Gasteiger partial charge in [-0.15, -0.1) is 0 Å². The van der Waals surface area contributed by atoms with Gasteiger partial charge in [0.15, 0.2) is 11.6 Å². The minimum Gasteiger partial charge on any atom is -0.506 e. The van der Waals surface area contributed by atoms with E-state index < -0.39 is 29.0 Å². The van der Waals surface area contributed by atoms with Gasteiger partial charge in [-0.2, -0.15) is 0 Å². The number of aliphatic imine (C=N–C) groups is 1. The van der Waals surface area contributed by atoms with Crippen LogP contribution in [0.1, 0.15) is 18.9 Å². The van der Waals surface area contributed by atoms with Gasteiger partial charge >= 0.3 is 0 Å². The Kier molecular flexibility index (Phi) is 6.45. The fraction of sp³-hybridized carbons (Fsp3) is 0.111. The zero-order chi connectivity index (χ0) is 19.4. The standard InChI is InChI=1S/C18H12Cl2F3NO2/c1-2-17(25)11(8-24-16-4-3-9(21)5-15(16)23)18(26)10-6-14(22)13(20)7-12(10)19/h3-8,26H,2H2,1H3. The normalized spacial score (nSPS) is 12.4. The Morgan fingerprint density at radius 1 is 1.12 bits per heavy atom. The number of hydrogen-bond donors (Lipinski definition) is 1. The van der Waals surface area contributed by atoms with E-state index in [-0.39, 0.29) is 33.3 Å². The molecule has 3 nitrogen and oxygen atoms in total. The van der Waals surface area contributed by atoms with Crippen LogP contribution in [0.25, 0.3) is 5.76 Å². The molecule has 0 aliphatic carbocycles. The maximum absolute atomic E-state index is 13.7. The lowest BCUT2D eigenvalue weighted by molar-refractivity contribution is -0.114. The van der Waals surface area contributed by atoms with Crippen LogP contribution in [0.4, 0.5) is 18.9 Å². The van der Waals surface area contributed by atoms with E-state index in [4.69, 9.17) is 23.2 Å². The predicted octanol–water partition coefficient (Wildman–Crippen LogP) is 6.06. The third-order valence-electron chi connectivity index (χ3n) is 3.38. The van der Waals surface area contributed by atoms with E-state index in [1.165, 1.54) is 6.92 Å². The van der Waals surface area contributed by atoms with Crippen molar-refractivity contribution in [2.45, 2.75) is 13.3 Å². The molecule has 26 heavy (non-hydrogen) atoms. The number of Topliss-reactive ketones (excluding diaryl/α,β-unsaturated/α-hetero) is 1. The minimum atomic E-state index is -0.945. The topological polar surface area (TPSA) is 49.7 Å². The Morgan fingerprint density at radius 2 is 1.81 bits per heavy atom. The van der Waals surface area contributed by atoms with Crippen molar-refractivity contribution in [2.75, 3.05) is 0 Å². The summed E-state index contributed by atoms with van der Waals surface area (Å²) < 4.78 is 40.3. The molecular formula is C18H12Cl2F3NO2. The first kappa shape index (κ1) is 20.0. The SMILES string of the molecule is CCC(=O)C(C=Nc1ccc(F)cc1F)=C(O)c1cc(F)c(Cl)cc1Cl. The highest BCUT2D eigenvalue weighted by molar-refractivity contribution is 6.36. The lowest BCUT2D eigenvalue weighted by atomic mass is 10.0.